The first-order valence-electron chi connectivity index (χ1n) is 14.2. The summed E-state index contributed by atoms with van der Waals surface area (Å²) in [7, 11) is 0. The Labute approximate surface area is 243 Å². The molecule has 9 rings (SSSR count). The van der Waals surface area contributed by atoms with Crippen LogP contribution in [0.3, 0.4) is 0 Å². The molecule has 0 saturated heterocycles. The Morgan fingerprint density at radius 1 is 0.500 bits per heavy atom. The number of nitrogens with zero attached hydrogens (tertiary/aromatic N) is 1. The molecule has 1 spiro atoms. The van der Waals surface area contributed by atoms with E-state index in [0.717, 1.165) is 33.1 Å². The molecule has 1 unspecified atom stereocenters. The zero-order chi connectivity index (χ0) is 27.8. The Balaban J connectivity index is 1.43. The Kier molecular flexibility index (Phi) is 4.63. The number of fused-ring (bicyclic) bond motifs is 12. The largest absolute Gasteiger partial charge is 0.456 e. The minimum atomic E-state index is -0.545. The molecule has 0 N–H and O–H groups in total. The van der Waals surface area contributed by atoms with Crippen LogP contribution >= 0.6 is 0 Å². The van der Waals surface area contributed by atoms with Crippen molar-refractivity contribution >= 4 is 34.1 Å². The Bertz CT molecular complexity index is 2310. The minimum absolute atomic E-state index is 0.545. The summed E-state index contributed by atoms with van der Waals surface area (Å²) in [5.41, 5.74) is 14.1. The molecule has 2 heteroatoms. The predicted octanol–water partition coefficient (Wildman–Crippen LogP) is 9.97. The van der Waals surface area contributed by atoms with Gasteiger partial charge in [-0.3, -0.25) is 0 Å². The van der Waals surface area contributed by atoms with E-state index >= 15 is 0 Å². The summed E-state index contributed by atoms with van der Waals surface area (Å²) in [5.74, 6) is 0. The van der Waals surface area contributed by atoms with Crippen molar-refractivity contribution in [3.63, 3.8) is 0 Å². The molecule has 1 atom stereocenters. The highest BCUT2D eigenvalue weighted by Gasteiger charge is 2.49. The molecule has 0 fully saturated rings. The maximum atomic E-state index is 9.36. The van der Waals surface area contributed by atoms with Crippen molar-refractivity contribution in [1.29, 1.82) is 5.26 Å². The Morgan fingerprint density at radius 2 is 1.21 bits per heavy atom. The third-order valence-corrected chi connectivity index (χ3v) is 9.15. The van der Waals surface area contributed by atoms with Crippen LogP contribution in [0.5, 0.6) is 0 Å². The number of para-hydroxylation sites is 1. The van der Waals surface area contributed by atoms with Gasteiger partial charge in [-0.05, 0) is 92.0 Å². The van der Waals surface area contributed by atoms with Crippen LogP contribution < -0.4 is 0 Å². The van der Waals surface area contributed by atoms with Crippen molar-refractivity contribution in [2.45, 2.75) is 5.41 Å². The number of rotatable bonds is 1. The monoisotopic (exact) mass is 533 g/mol. The van der Waals surface area contributed by atoms with Gasteiger partial charge in [0.05, 0.1) is 17.0 Å². The first kappa shape index (κ1) is 23.1. The number of hydrogen-bond donors (Lipinski definition) is 0. The normalized spacial score (nSPS) is 16.1. The lowest BCUT2D eigenvalue weighted by Crippen LogP contribution is -2.30. The molecule has 42 heavy (non-hydrogen) atoms. The van der Waals surface area contributed by atoms with Crippen molar-refractivity contribution in [3.05, 3.63) is 166 Å². The molecule has 0 radical (unpaired) electrons. The Hall–Kier alpha value is -5.65. The summed E-state index contributed by atoms with van der Waals surface area (Å²) in [4.78, 5) is 0. The highest BCUT2D eigenvalue weighted by atomic mass is 16.3. The van der Waals surface area contributed by atoms with E-state index in [9.17, 15) is 5.26 Å². The average Bonchev–Trinajstić information content (AvgIpc) is 3.50. The summed E-state index contributed by atoms with van der Waals surface area (Å²) in [6.45, 7) is 0. The van der Waals surface area contributed by atoms with Crippen LogP contribution in [0.4, 0.5) is 0 Å². The molecule has 0 saturated carbocycles. The van der Waals surface area contributed by atoms with E-state index < -0.39 is 5.41 Å². The zero-order valence-electron chi connectivity index (χ0n) is 22.6. The second kappa shape index (κ2) is 8.43. The van der Waals surface area contributed by atoms with Gasteiger partial charge in [0.2, 0.25) is 0 Å². The molecule has 1 heterocycles. The van der Waals surface area contributed by atoms with Gasteiger partial charge in [-0.1, -0.05) is 103 Å². The molecule has 0 aliphatic heterocycles. The zero-order valence-corrected chi connectivity index (χ0v) is 22.6. The minimum Gasteiger partial charge on any atom is -0.456 e. The first-order chi connectivity index (χ1) is 20.8. The molecule has 6 aromatic carbocycles. The molecule has 2 aliphatic rings. The van der Waals surface area contributed by atoms with E-state index in [-0.39, 0.29) is 0 Å². The maximum Gasteiger partial charge on any atom is 0.135 e. The third kappa shape index (κ3) is 2.97. The van der Waals surface area contributed by atoms with E-state index in [2.05, 4.69) is 109 Å². The second-order valence-corrected chi connectivity index (χ2v) is 11.2. The Morgan fingerprint density at radius 3 is 2.07 bits per heavy atom. The van der Waals surface area contributed by atoms with Gasteiger partial charge >= 0.3 is 0 Å². The lowest BCUT2D eigenvalue weighted by Gasteiger charge is -2.35. The van der Waals surface area contributed by atoms with E-state index in [1.807, 2.05) is 36.4 Å². The quantitative estimate of drug-likeness (QED) is 0.210. The fourth-order valence-electron chi connectivity index (χ4n) is 7.33. The van der Waals surface area contributed by atoms with Crippen molar-refractivity contribution < 1.29 is 4.42 Å². The average molecular weight is 534 g/mol. The summed E-state index contributed by atoms with van der Waals surface area (Å²) in [6, 6.07) is 47.5. The van der Waals surface area contributed by atoms with Gasteiger partial charge in [-0.25, -0.2) is 0 Å². The summed E-state index contributed by atoms with van der Waals surface area (Å²) >= 11 is 0. The van der Waals surface area contributed by atoms with Gasteiger partial charge in [0, 0.05) is 10.8 Å². The van der Waals surface area contributed by atoms with Crippen LogP contribution in [0.15, 0.2) is 132 Å². The third-order valence-electron chi connectivity index (χ3n) is 9.15. The van der Waals surface area contributed by atoms with Crippen molar-refractivity contribution in [2.75, 3.05) is 0 Å². The molecular weight excluding hydrogens is 510 g/mol. The van der Waals surface area contributed by atoms with Gasteiger partial charge in [0.1, 0.15) is 11.2 Å². The summed E-state index contributed by atoms with van der Waals surface area (Å²) in [6.07, 6.45) is 4.51. The van der Waals surface area contributed by atoms with Crippen LogP contribution in [0.25, 0.3) is 56.3 Å². The van der Waals surface area contributed by atoms with Crippen LogP contribution in [0.2, 0.25) is 0 Å². The van der Waals surface area contributed by atoms with Gasteiger partial charge < -0.3 is 4.42 Å². The molecule has 0 bridgehead atoms. The fourth-order valence-corrected chi connectivity index (χ4v) is 7.33. The number of benzene rings is 6. The highest BCUT2D eigenvalue weighted by Crippen LogP contribution is 2.59. The number of hydrogen-bond acceptors (Lipinski definition) is 2. The number of nitriles is 1. The fraction of sp³-hybridized carbons (Fsp3) is 0.0250. The van der Waals surface area contributed by atoms with Crippen LogP contribution in [-0.2, 0) is 5.41 Å². The molecule has 7 aromatic rings. The van der Waals surface area contributed by atoms with E-state index in [4.69, 9.17) is 4.42 Å². The lowest BCUT2D eigenvalue weighted by molar-refractivity contribution is 0.666. The van der Waals surface area contributed by atoms with E-state index in [1.54, 1.807) is 0 Å². The maximum absolute atomic E-state index is 9.36. The molecular formula is C40H23NO. The van der Waals surface area contributed by atoms with Crippen LogP contribution in [0, 0.1) is 11.3 Å². The molecule has 1 aromatic heterocycles. The van der Waals surface area contributed by atoms with Crippen molar-refractivity contribution in [1.82, 2.24) is 0 Å². The van der Waals surface area contributed by atoms with E-state index in [0.29, 0.717) is 5.56 Å². The standard InChI is InChI=1S/C40H23NO/c41-24-25-13-15-26(16-14-25)29-20-19-28-18-17-27-7-1-4-10-34(27)40(36(28)21-29)35-11-5-2-8-30(35)32-22-33-31-9-3-6-12-38(31)42-39(33)23-37(32)40/h1-23H. The molecule has 194 valence electrons. The first-order valence-corrected chi connectivity index (χ1v) is 14.2. The molecule has 2 nitrogen and oxygen atoms in total. The highest BCUT2D eigenvalue weighted by molar-refractivity contribution is 6.08. The van der Waals surface area contributed by atoms with Crippen LogP contribution in [0.1, 0.15) is 38.9 Å². The summed E-state index contributed by atoms with van der Waals surface area (Å²) < 4.78 is 6.49. The van der Waals surface area contributed by atoms with Crippen LogP contribution in [-0.4, -0.2) is 0 Å². The van der Waals surface area contributed by atoms with Crippen molar-refractivity contribution in [3.8, 4) is 28.3 Å². The molecule has 0 amide bonds. The second-order valence-electron chi connectivity index (χ2n) is 11.2. The topological polar surface area (TPSA) is 36.9 Å². The lowest BCUT2D eigenvalue weighted by atomic mass is 9.65. The number of furan rings is 1. The SMILES string of the molecule is N#Cc1ccc(-c2ccc3c(c2)C2(c4ccccc4C=C3)c3ccccc3-c3cc4c(cc32)oc2ccccc24)cc1. The van der Waals surface area contributed by atoms with Gasteiger partial charge in [-0.15, -0.1) is 0 Å². The molecule has 2 aliphatic carbocycles. The van der Waals surface area contributed by atoms with Gasteiger partial charge in [-0.2, -0.15) is 5.26 Å². The van der Waals surface area contributed by atoms with Gasteiger partial charge in [0.15, 0.2) is 0 Å². The van der Waals surface area contributed by atoms with E-state index in [1.165, 1.54) is 44.5 Å². The smallest absolute Gasteiger partial charge is 0.135 e. The summed E-state index contributed by atoms with van der Waals surface area (Å²) in [5, 5.41) is 11.6. The predicted molar refractivity (Wildman–Crippen MR) is 170 cm³/mol. The van der Waals surface area contributed by atoms with Crippen molar-refractivity contribution in [2.24, 2.45) is 0 Å². The van der Waals surface area contributed by atoms with Gasteiger partial charge in [0.25, 0.3) is 0 Å².